The number of halogens is 3. The van der Waals surface area contributed by atoms with Crippen LogP contribution < -0.4 is 0 Å². The number of hydrogen-bond donors (Lipinski definition) is 1. The maximum absolute atomic E-state index is 11.9. The Hall–Kier alpha value is -0.550. The molecule has 0 aliphatic heterocycles. The first-order valence-electron chi connectivity index (χ1n) is 3.69. The average molecular weight is 210 g/mol. The van der Waals surface area contributed by atoms with Crippen LogP contribution in [0, 0.1) is 6.92 Å². The van der Waals surface area contributed by atoms with Crippen molar-refractivity contribution < 1.29 is 18.3 Å². The number of aliphatic hydroxyl groups is 1. The van der Waals surface area contributed by atoms with Crippen LogP contribution in [0.5, 0.6) is 0 Å². The lowest BCUT2D eigenvalue weighted by atomic mass is 10.1. The van der Waals surface area contributed by atoms with E-state index >= 15 is 0 Å². The molecular weight excluding hydrogens is 201 g/mol. The molecule has 1 N–H and O–H groups in total. The van der Waals surface area contributed by atoms with Gasteiger partial charge in [0.25, 0.3) is 0 Å². The van der Waals surface area contributed by atoms with Crippen molar-refractivity contribution >= 4 is 11.3 Å². The van der Waals surface area contributed by atoms with E-state index in [1.165, 1.54) is 0 Å². The molecule has 1 aromatic rings. The second-order valence-electron chi connectivity index (χ2n) is 2.80. The van der Waals surface area contributed by atoms with Crippen molar-refractivity contribution in [2.45, 2.75) is 25.6 Å². The minimum atomic E-state index is -4.31. The van der Waals surface area contributed by atoms with Crippen molar-refractivity contribution in [2.75, 3.05) is 0 Å². The fourth-order valence-electron chi connectivity index (χ4n) is 1.04. The molecule has 0 aliphatic carbocycles. The molecule has 1 heterocycles. The normalized spacial score (nSPS) is 14.5. The predicted molar refractivity (Wildman–Crippen MR) is 44.7 cm³/mol. The van der Waals surface area contributed by atoms with E-state index in [4.69, 9.17) is 0 Å². The van der Waals surface area contributed by atoms with E-state index in [-0.39, 0.29) is 0 Å². The molecule has 0 bridgehead atoms. The summed E-state index contributed by atoms with van der Waals surface area (Å²) in [7, 11) is 0. The summed E-state index contributed by atoms with van der Waals surface area (Å²) in [5.41, 5.74) is 0.710. The third kappa shape index (κ3) is 3.00. The van der Waals surface area contributed by atoms with Crippen LogP contribution in [0.3, 0.4) is 0 Å². The zero-order chi connectivity index (χ0) is 10.1. The van der Waals surface area contributed by atoms with E-state index in [9.17, 15) is 18.3 Å². The third-order valence-corrected chi connectivity index (χ3v) is 2.75. The van der Waals surface area contributed by atoms with Crippen molar-refractivity contribution in [1.29, 1.82) is 0 Å². The number of aryl methyl sites for hydroxylation is 1. The van der Waals surface area contributed by atoms with Gasteiger partial charge in [0.05, 0.1) is 12.5 Å². The molecule has 1 aromatic heterocycles. The lowest BCUT2D eigenvalue weighted by molar-refractivity contribution is -0.153. The van der Waals surface area contributed by atoms with E-state index < -0.39 is 18.7 Å². The molecule has 1 nitrogen and oxygen atoms in total. The molecule has 0 fully saturated rings. The monoisotopic (exact) mass is 210 g/mol. The Morgan fingerprint density at radius 1 is 1.54 bits per heavy atom. The SMILES string of the molecule is Cc1ccsc1C(O)CC(F)(F)F. The number of aliphatic hydroxyl groups excluding tert-OH is 1. The van der Waals surface area contributed by atoms with Crippen LogP contribution >= 0.6 is 11.3 Å². The Morgan fingerprint density at radius 2 is 2.15 bits per heavy atom. The molecule has 5 heteroatoms. The number of thiophene rings is 1. The Labute approximate surface area is 77.8 Å². The summed E-state index contributed by atoms with van der Waals surface area (Å²) in [4.78, 5) is 0.400. The number of rotatable bonds is 2. The van der Waals surface area contributed by atoms with Crippen LogP contribution in [-0.2, 0) is 0 Å². The Kier molecular flexibility index (Phi) is 2.98. The zero-order valence-electron chi connectivity index (χ0n) is 6.93. The van der Waals surface area contributed by atoms with Gasteiger partial charge in [0, 0.05) is 4.88 Å². The standard InChI is InChI=1S/C8H9F3OS/c1-5-2-3-13-7(5)6(12)4-8(9,10)11/h2-3,6,12H,4H2,1H3. The van der Waals surface area contributed by atoms with Gasteiger partial charge in [0.15, 0.2) is 0 Å². The van der Waals surface area contributed by atoms with Gasteiger partial charge in [-0.3, -0.25) is 0 Å². The van der Waals surface area contributed by atoms with Crippen LogP contribution in [0.4, 0.5) is 13.2 Å². The number of hydrogen-bond acceptors (Lipinski definition) is 2. The summed E-state index contributed by atoms with van der Waals surface area (Å²) < 4.78 is 35.6. The lowest BCUT2D eigenvalue weighted by Crippen LogP contribution is -2.13. The zero-order valence-corrected chi connectivity index (χ0v) is 7.75. The van der Waals surface area contributed by atoms with Gasteiger partial charge in [0.1, 0.15) is 0 Å². The molecule has 0 radical (unpaired) electrons. The maximum atomic E-state index is 11.9. The fourth-order valence-corrected chi connectivity index (χ4v) is 1.95. The van der Waals surface area contributed by atoms with Crippen molar-refractivity contribution in [3.8, 4) is 0 Å². The Bertz CT molecular complexity index is 279. The highest BCUT2D eigenvalue weighted by molar-refractivity contribution is 7.10. The fraction of sp³-hybridized carbons (Fsp3) is 0.500. The highest BCUT2D eigenvalue weighted by atomic mass is 32.1. The Balaban J connectivity index is 2.69. The second-order valence-corrected chi connectivity index (χ2v) is 3.75. The van der Waals surface area contributed by atoms with E-state index in [0.717, 1.165) is 11.3 Å². The van der Waals surface area contributed by atoms with Crippen molar-refractivity contribution in [1.82, 2.24) is 0 Å². The molecule has 1 unspecified atom stereocenters. The molecule has 1 atom stereocenters. The van der Waals surface area contributed by atoms with Crippen LogP contribution in [0.15, 0.2) is 11.4 Å². The molecule has 1 rings (SSSR count). The predicted octanol–water partition coefficient (Wildman–Crippen LogP) is 3.04. The van der Waals surface area contributed by atoms with E-state index in [1.807, 2.05) is 0 Å². The first kappa shape index (κ1) is 10.5. The molecule has 74 valence electrons. The van der Waals surface area contributed by atoms with Gasteiger partial charge < -0.3 is 5.11 Å². The molecule has 0 amide bonds. The summed E-state index contributed by atoms with van der Waals surface area (Å²) in [6.07, 6.45) is -6.90. The minimum absolute atomic E-state index is 0.400. The highest BCUT2D eigenvalue weighted by Gasteiger charge is 2.32. The topological polar surface area (TPSA) is 20.2 Å². The van der Waals surface area contributed by atoms with Crippen molar-refractivity contribution in [2.24, 2.45) is 0 Å². The van der Waals surface area contributed by atoms with Crippen LogP contribution in [-0.4, -0.2) is 11.3 Å². The minimum Gasteiger partial charge on any atom is -0.387 e. The van der Waals surface area contributed by atoms with E-state index in [2.05, 4.69) is 0 Å². The average Bonchev–Trinajstić information content (AvgIpc) is 2.30. The van der Waals surface area contributed by atoms with Crippen molar-refractivity contribution in [3.63, 3.8) is 0 Å². The Morgan fingerprint density at radius 3 is 2.54 bits per heavy atom. The smallest absolute Gasteiger partial charge is 0.387 e. The van der Waals surface area contributed by atoms with Crippen molar-refractivity contribution in [3.05, 3.63) is 21.9 Å². The summed E-state index contributed by atoms with van der Waals surface area (Å²) in [6.45, 7) is 1.69. The molecular formula is C8H9F3OS. The lowest BCUT2D eigenvalue weighted by Gasteiger charge is -2.12. The van der Waals surface area contributed by atoms with Crippen LogP contribution in [0.1, 0.15) is 23.0 Å². The maximum Gasteiger partial charge on any atom is 0.391 e. The summed E-state index contributed by atoms with van der Waals surface area (Å²) in [5, 5.41) is 10.9. The highest BCUT2D eigenvalue weighted by Crippen LogP contribution is 2.33. The molecule has 13 heavy (non-hydrogen) atoms. The summed E-state index contributed by atoms with van der Waals surface area (Å²) in [6, 6.07) is 1.69. The third-order valence-electron chi connectivity index (χ3n) is 1.63. The molecule has 0 saturated heterocycles. The summed E-state index contributed by atoms with van der Waals surface area (Å²) in [5.74, 6) is 0. The second kappa shape index (κ2) is 3.67. The van der Waals surface area contributed by atoms with E-state index in [1.54, 1.807) is 18.4 Å². The van der Waals surface area contributed by atoms with Gasteiger partial charge in [-0.15, -0.1) is 11.3 Å². The molecule has 0 aromatic carbocycles. The first-order valence-corrected chi connectivity index (χ1v) is 4.57. The van der Waals surface area contributed by atoms with Gasteiger partial charge in [-0.1, -0.05) is 0 Å². The van der Waals surface area contributed by atoms with Gasteiger partial charge in [-0.05, 0) is 23.9 Å². The van der Waals surface area contributed by atoms with Gasteiger partial charge >= 0.3 is 6.18 Å². The summed E-state index contributed by atoms with van der Waals surface area (Å²) >= 11 is 1.15. The van der Waals surface area contributed by atoms with Crippen LogP contribution in [0.2, 0.25) is 0 Å². The largest absolute Gasteiger partial charge is 0.391 e. The molecule has 0 saturated carbocycles. The first-order chi connectivity index (χ1) is 5.90. The van der Waals surface area contributed by atoms with Gasteiger partial charge in [-0.25, -0.2) is 0 Å². The van der Waals surface area contributed by atoms with E-state index in [0.29, 0.717) is 10.4 Å². The molecule has 0 aliphatic rings. The quantitative estimate of drug-likeness (QED) is 0.795. The van der Waals surface area contributed by atoms with Gasteiger partial charge in [-0.2, -0.15) is 13.2 Å². The van der Waals surface area contributed by atoms with Gasteiger partial charge in [0.2, 0.25) is 0 Å². The van der Waals surface area contributed by atoms with Crippen LogP contribution in [0.25, 0.3) is 0 Å². The molecule has 0 spiro atoms. The number of alkyl halides is 3.